The van der Waals surface area contributed by atoms with Crippen LogP contribution in [0.2, 0.25) is 0 Å². The lowest BCUT2D eigenvalue weighted by Crippen LogP contribution is -1.98. The second-order valence-corrected chi connectivity index (χ2v) is 5.43. The molecule has 5 heteroatoms. The fourth-order valence-electron chi connectivity index (χ4n) is 2.13. The zero-order valence-corrected chi connectivity index (χ0v) is 12.0. The number of ketones is 1. The maximum absolute atomic E-state index is 12.2. The number of rotatable bonds is 2. The SMILES string of the molecule is CSc1ccc(/C=C2\Oc3cc(O)cc(O)c3C2=O)cc1. The van der Waals surface area contributed by atoms with Crippen molar-refractivity contribution in [3.05, 3.63) is 53.3 Å². The van der Waals surface area contributed by atoms with E-state index in [0.717, 1.165) is 16.5 Å². The van der Waals surface area contributed by atoms with Crippen molar-refractivity contribution in [2.45, 2.75) is 4.90 Å². The van der Waals surface area contributed by atoms with Crippen molar-refractivity contribution >= 4 is 23.6 Å². The van der Waals surface area contributed by atoms with Gasteiger partial charge in [-0.15, -0.1) is 11.8 Å². The molecule has 0 saturated heterocycles. The molecule has 0 radical (unpaired) electrons. The van der Waals surface area contributed by atoms with E-state index < -0.39 is 5.78 Å². The molecule has 4 nitrogen and oxygen atoms in total. The molecule has 2 N–H and O–H groups in total. The number of Topliss-reactive ketones (excluding diaryl/α,β-unsaturated/α-hetero) is 1. The summed E-state index contributed by atoms with van der Waals surface area (Å²) in [5.41, 5.74) is 0.910. The number of carbonyl (C=O) groups excluding carboxylic acids is 1. The molecule has 0 saturated carbocycles. The largest absolute Gasteiger partial charge is 0.508 e. The van der Waals surface area contributed by atoms with Gasteiger partial charge in [0.2, 0.25) is 5.78 Å². The Balaban J connectivity index is 1.96. The average Bonchev–Trinajstić information content (AvgIpc) is 2.76. The summed E-state index contributed by atoms with van der Waals surface area (Å²) in [7, 11) is 0. The molecule has 3 rings (SSSR count). The highest BCUT2D eigenvalue weighted by atomic mass is 32.2. The molecule has 0 fully saturated rings. The van der Waals surface area contributed by atoms with Crippen molar-refractivity contribution in [3.8, 4) is 17.2 Å². The zero-order chi connectivity index (χ0) is 15.0. The van der Waals surface area contributed by atoms with Crippen LogP contribution in [0.4, 0.5) is 0 Å². The second-order valence-electron chi connectivity index (χ2n) is 4.55. The number of phenolic OH excluding ortho intramolecular Hbond substituents is 2. The second kappa shape index (κ2) is 5.18. The fourth-order valence-corrected chi connectivity index (χ4v) is 2.54. The Kier molecular flexibility index (Phi) is 3.35. The van der Waals surface area contributed by atoms with Crippen molar-refractivity contribution in [2.24, 2.45) is 0 Å². The number of phenols is 2. The molecule has 0 aliphatic carbocycles. The first-order valence-electron chi connectivity index (χ1n) is 6.23. The number of aromatic hydroxyl groups is 2. The summed E-state index contributed by atoms with van der Waals surface area (Å²) in [4.78, 5) is 13.3. The van der Waals surface area contributed by atoms with E-state index in [1.54, 1.807) is 17.8 Å². The highest BCUT2D eigenvalue weighted by Crippen LogP contribution is 2.40. The Bertz CT molecular complexity index is 748. The highest BCUT2D eigenvalue weighted by molar-refractivity contribution is 7.98. The van der Waals surface area contributed by atoms with Gasteiger partial charge in [0.1, 0.15) is 22.8 Å². The maximum atomic E-state index is 12.2. The van der Waals surface area contributed by atoms with E-state index in [4.69, 9.17) is 4.74 Å². The van der Waals surface area contributed by atoms with E-state index in [2.05, 4.69) is 0 Å². The number of allylic oxidation sites excluding steroid dienone is 1. The molecule has 2 aromatic carbocycles. The predicted octanol–water partition coefficient (Wildman–Crippen LogP) is 3.44. The quantitative estimate of drug-likeness (QED) is 0.657. The minimum Gasteiger partial charge on any atom is -0.508 e. The molecule has 106 valence electrons. The topological polar surface area (TPSA) is 66.8 Å². The van der Waals surface area contributed by atoms with Crippen LogP contribution in [0.15, 0.2) is 47.1 Å². The van der Waals surface area contributed by atoms with Crippen molar-refractivity contribution in [3.63, 3.8) is 0 Å². The summed E-state index contributed by atoms with van der Waals surface area (Å²) in [6.45, 7) is 0. The van der Waals surface area contributed by atoms with Crippen LogP contribution in [0, 0.1) is 0 Å². The van der Waals surface area contributed by atoms with Crippen LogP contribution in [-0.4, -0.2) is 22.3 Å². The van der Waals surface area contributed by atoms with E-state index >= 15 is 0 Å². The van der Waals surface area contributed by atoms with Crippen molar-refractivity contribution < 1.29 is 19.7 Å². The van der Waals surface area contributed by atoms with Gasteiger partial charge in [0.25, 0.3) is 0 Å². The lowest BCUT2D eigenvalue weighted by atomic mass is 10.1. The Hall–Kier alpha value is -2.40. The fraction of sp³-hybridized carbons (Fsp3) is 0.0625. The number of hydrogen-bond acceptors (Lipinski definition) is 5. The third-order valence-electron chi connectivity index (χ3n) is 3.15. The summed E-state index contributed by atoms with van der Waals surface area (Å²) < 4.78 is 5.43. The molecule has 0 bridgehead atoms. The maximum Gasteiger partial charge on any atom is 0.235 e. The molecular weight excluding hydrogens is 288 g/mol. The van der Waals surface area contributed by atoms with Crippen LogP contribution < -0.4 is 4.74 Å². The molecule has 1 aliphatic rings. The van der Waals surface area contributed by atoms with Crippen LogP contribution in [0.1, 0.15) is 15.9 Å². The Labute approximate surface area is 125 Å². The molecule has 21 heavy (non-hydrogen) atoms. The molecular formula is C16H12O4S. The summed E-state index contributed by atoms with van der Waals surface area (Å²) in [5.74, 6) is -0.524. The zero-order valence-electron chi connectivity index (χ0n) is 11.2. The minimum atomic E-state index is -0.392. The Morgan fingerprint density at radius 2 is 1.86 bits per heavy atom. The average molecular weight is 300 g/mol. The van der Waals surface area contributed by atoms with Crippen LogP contribution in [0.5, 0.6) is 17.2 Å². The first-order valence-corrected chi connectivity index (χ1v) is 7.45. The monoisotopic (exact) mass is 300 g/mol. The van der Waals surface area contributed by atoms with Gasteiger partial charge in [-0.1, -0.05) is 12.1 Å². The normalized spacial score (nSPS) is 15.1. The Morgan fingerprint density at radius 1 is 1.14 bits per heavy atom. The molecule has 0 amide bonds. The van der Waals surface area contributed by atoms with Crippen molar-refractivity contribution in [1.29, 1.82) is 0 Å². The van der Waals surface area contributed by atoms with Gasteiger partial charge < -0.3 is 14.9 Å². The van der Waals surface area contributed by atoms with Gasteiger partial charge in [-0.2, -0.15) is 0 Å². The van der Waals surface area contributed by atoms with Crippen molar-refractivity contribution in [1.82, 2.24) is 0 Å². The molecule has 2 aromatic rings. The van der Waals surface area contributed by atoms with E-state index in [0.29, 0.717) is 0 Å². The lowest BCUT2D eigenvalue weighted by molar-refractivity contribution is 0.101. The van der Waals surface area contributed by atoms with Crippen LogP contribution >= 0.6 is 11.8 Å². The van der Waals surface area contributed by atoms with Gasteiger partial charge in [0, 0.05) is 17.0 Å². The van der Waals surface area contributed by atoms with Crippen LogP contribution in [0.25, 0.3) is 6.08 Å². The van der Waals surface area contributed by atoms with Gasteiger partial charge >= 0.3 is 0 Å². The molecule has 0 unspecified atom stereocenters. The van der Waals surface area contributed by atoms with Gasteiger partial charge in [-0.05, 0) is 30.0 Å². The number of fused-ring (bicyclic) bond motifs is 1. The van der Waals surface area contributed by atoms with Crippen LogP contribution in [-0.2, 0) is 0 Å². The first kappa shape index (κ1) is 13.6. The van der Waals surface area contributed by atoms with Crippen molar-refractivity contribution in [2.75, 3.05) is 6.26 Å². The molecule has 1 aliphatic heterocycles. The van der Waals surface area contributed by atoms with E-state index in [1.165, 1.54) is 6.07 Å². The number of ether oxygens (including phenoxy) is 1. The molecule has 1 heterocycles. The molecule has 0 aromatic heterocycles. The number of thioether (sulfide) groups is 1. The van der Waals surface area contributed by atoms with Crippen LogP contribution in [0.3, 0.4) is 0 Å². The number of benzene rings is 2. The summed E-state index contributed by atoms with van der Waals surface area (Å²) >= 11 is 1.63. The first-order chi connectivity index (χ1) is 10.1. The summed E-state index contributed by atoms with van der Waals surface area (Å²) in [6.07, 6.45) is 3.60. The number of carbonyl (C=O) groups is 1. The highest BCUT2D eigenvalue weighted by Gasteiger charge is 2.31. The van der Waals surface area contributed by atoms with Gasteiger partial charge in [-0.3, -0.25) is 4.79 Å². The molecule has 0 spiro atoms. The van der Waals surface area contributed by atoms with Gasteiger partial charge in [-0.25, -0.2) is 0 Å². The smallest absolute Gasteiger partial charge is 0.235 e. The van der Waals surface area contributed by atoms with E-state index in [-0.39, 0.29) is 28.6 Å². The van der Waals surface area contributed by atoms with Gasteiger partial charge in [0.15, 0.2) is 5.76 Å². The Morgan fingerprint density at radius 3 is 2.52 bits per heavy atom. The van der Waals surface area contributed by atoms with Gasteiger partial charge in [0.05, 0.1) is 0 Å². The summed E-state index contributed by atoms with van der Waals surface area (Å²) in [5, 5.41) is 19.2. The lowest BCUT2D eigenvalue weighted by Gasteiger charge is -2.00. The third-order valence-corrected chi connectivity index (χ3v) is 3.89. The van der Waals surface area contributed by atoms with E-state index in [1.807, 2.05) is 30.5 Å². The molecule has 0 atom stereocenters. The third kappa shape index (κ3) is 2.48. The predicted molar refractivity (Wildman–Crippen MR) is 80.9 cm³/mol. The summed E-state index contributed by atoms with van der Waals surface area (Å²) in [6, 6.07) is 10.1. The number of hydrogen-bond donors (Lipinski definition) is 2. The minimum absolute atomic E-state index is 0.0831. The van der Waals surface area contributed by atoms with E-state index in [9.17, 15) is 15.0 Å². The standard InChI is InChI=1S/C16H12O4S/c1-21-11-4-2-9(3-5-11)6-14-16(19)15-12(18)7-10(17)8-13(15)20-14/h2-8,17-18H,1H3/b14-6-.